The summed E-state index contributed by atoms with van der Waals surface area (Å²) in [7, 11) is 0. The largest absolute Gasteiger partial charge is 0.372 e. The maximum absolute atomic E-state index is 12.3. The van der Waals surface area contributed by atoms with Crippen LogP contribution in [0.15, 0.2) is 0 Å². The summed E-state index contributed by atoms with van der Waals surface area (Å²) in [6.07, 6.45) is 1.42. The Kier molecular flexibility index (Phi) is 3.57. The average molecular weight is 297 g/mol. The van der Waals surface area contributed by atoms with Gasteiger partial charge in [-0.3, -0.25) is 4.79 Å². The van der Waals surface area contributed by atoms with Crippen LogP contribution in [-0.2, 0) is 14.3 Å². The Hall–Kier alpha value is -1.34. The van der Waals surface area contributed by atoms with E-state index >= 15 is 0 Å². The Bertz CT molecular complexity index is 454. The average Bonchev–Trinajstić information content (AvgIpc) is 2.94. The predicted molar refractivity (Wildman–Crippen MR) is 74.9 cm³/mol. The van der Waals surface area contributed by atoms with Crippen LogP contribution in [0.5, 0.6) is 0 Å². The summed E-state index contributed by atoms with van der Waals surface area (Å²) < 4.78 is 11.7. The third kappa shape index (κ3) is 2.98. The number of carbonyl (C=O) groups is 2. The van der Waals surface area contributed by atoms with Gasteiger partial charge in [0.15, 0.2) is 0 Å². The first-order valence-electron chi connectivity index (χ1n) is 7.50. The molecule has 0 aromatic heterocycles. The van der Waals surface area contributed by atoms with Crippen molar-refractivity contribution in [3.05, 3.63) is 0 Å². The molecule has 118 valence electrons. The molecule has 0 aromatic carbocycles. The van der Waals surface area contributed by atoms with Gasteiger partial charge in [-0.15, -0.1) is 0 Å². The van der Waals surface area contributed by atoms with E-state index in [4.69, 9.17) is 9.47 Å². The van der Waals surface area contributed by atoms with Crippen LogP contribution < -0.4 is 10.6 Å². The topological polar surface area (TPSA) is 79.9 Å². The Morgan fingerprint density at radius 3 is 2.86 bits per heavy atom. The molecule has 0 radical (unpaired) electrons. The van der Waals surface area contributed by atoms with E-state index in [9.17, 15) is 9.59 Å². The molecule has 3 aliphatic heterocycles. The van der Waals surface area contributed by atoms with Crippen LogP contribution in [0.25, 0.3) is 0 Å². The van der Waals surface area contributed by atoms with Gasteiger partial charge < -0.3 is 25.0 Å². The molecule has 7 nitrogen and oxygen atoms in total. The lowest BCUT2D eigenvalue weighted by Gasteiger charge is -2.40. The molecule has 3 fully saturated rings. The molecule has 1 spiro atoms. The Morgan fingerprint density at radius 1 is 1.43 bits per heavy atom. The monoisotopic (exact) mass is 297 g/mol. The third-order valence-corrected chi connectivity index (χ3v) is 4.36. The van der Waals surface area contributed by atoms with Gasteiger partial charge in [-0.05, 0) is 20.3 Å². The summed E-state index contributed by atoms with van der Waals surface area (Å²) in [6.45, 7) is 6.76. The Morgan fingerprint density at radius 2 is 2.24 bits per heavy atom. The van der Waals surface area contributed by atoms with E-state index in [1.807, 2.05) is 13.8 Å². The number of hydrogen-bond acceptors (Lipinski definition) is 4. The van der Waals surface area contributed by atoms with E-state index in [1.54, 1.807) is 4.90 Å². The summed E-state index contributed by atoms with van der Waals surface area (Å²) in [6, 6.07) is -0.600. The molecule has 2 unspecified atom stereocenters. The first-order valence-corrected chi connectivity index (χ1v) is 7.50. The second kappa shape index (κ2) is 5.14. The first kappa shape index (κ1) is 14.6. The van der Waals surface area contributed by atoms with Gasteiger partial charge in [0.1, 0.15) is 11.6 Å². The molecule has 7 heteroatoms. The molecule has 0 aliphatic carbocycles. The number of nitrogens with one attached hydrogen (secondary N) is 2. The molecule has 3 saturated heterocycles. The van der Waals surface area contributed by atoms with Gasteiger partial charge in [-0.2, -0.15) is 0 Å². The lowest BCUT2D eigenvalue weighted by atomic mass is 9.92. The third-order valence-electron chi connectivity index (χ3n) is 4.36. The lowest BCUT2D eigenvalue weighted by molar-refractivity contribution is -0.120. The molecule has 21 heavy (non-hydrogen) atoms. The Balaban J connectivity index is 1.61. The van der Waals surface area contributed by atoms with E-state index in [2.05, 4.69) is 10.6 Å². The van der Waals surface area contributed by atoms with Crippen LogP contribution in [0.1, 0.15) is 26.7 Å². The predicted octanol–water partition coefficient (Wildman–Crippen LogP) is -0.146. The van der Waals surface area contributed by atoms with Crippen LogP contribution in [0.2, 0.25) is 0 Å². The van der Waals surface area contributed by atoms with Crippen molar-refractivity contribution in [2.45, 2.75) is 43.9 Å². The van der Waals surface area contributed by atoms with Gasteiger partial charge in [0, 0.05) is 19.5 Å². The number of carbonyl (C=O) groups excluding carboxylic acids is 2. The molecule has 3 heterocycles. The molecule has 2 atom stereocenters. The van der Waals surface area contributed by atoms with Crippen molar-refractivity contribution in [2.75, 3.05) is 32.8 Å². The van der Waals surface area contributed by atoms with Crippen molar-refractivity contribution in [1.82, 2.24) is 15.5 Å². The number of hydrogen-bond donors (Lipinski definition) is 2. The number of ether oxygens (including phenoxy) is 2. The minimum absolute atomic E-state index is 0.100. The molecule has 3 aliphatic rings. The summed E-state index contributed by atoms with van der Waals surface area (Å²) in [5.41, 5.74) is -0.623. The SMILES string of the molecule is CC1(C)CC2(CO1)CN(C(=O)NC1CCNC1=O)CCO2. The maximum Gasteiger partial charge on any atom is 0.318 e. The van der Waals surface area contributed by atoms with Gasteiger partial charge in [-0.1, -0.05) is 0 Å². The van der Waals surface area contributed by atoms with E-state index in [0.717, 1.165) is 6.42 Å². The minimum atomic E-state index is -0.410. The van der Waals surface area contributed by atoms with Crippen molar-refractivity contribution in [1.29, 1.82) is 0 Å². The van der Waals surface area contributed by atoms with Crippen molar-refractivity contribution in [3.8, 4) is 0 Å². The number of amides is 3. The van der Waals surface area contributed by atoms with Gasteiger partial charge >= 0.3 is 6.03 Å². The van der Waals surface area contributed by atoms with E-state index < -0.39 is 11.6 Å². The standard InChI is InChI=1S/C14H23N3O4/c1-13(2)7-14(9-21-13)8-17(5-6-20-14)12(19)16-10-3-4-15-11(10)18/h10H,3-9H2,1-2H3,(H,15,18)(H,16,19). The number of rotatable bonds is 1. The van der Waals surface area contributed by atoms with Crippen molar-refractivity contribution in [3.63, 3.8) is 0 Å². The Labute approximate surface area is 124 Å². The van der Waals surface area contributed by atoms with Crippen molar-refractivity contribution in [2.24, 2.45) is 0 Å². The smallest absolute Gasteiger partial charge is 0.318 e. The van der Waals surface area contributed by atoms with E-state index in [0.29, 0.717) is 39.3 Å². The normalized spacial score (nSPS) is 35.0. The van der Waals surface area contributed by atoms with Gasteiger partial charge in [0.2, 0.25) is 5.91 Å². The molecule has 2 N–H and O–H groups in total. The van der Waals surface area contributed by atoms with Crippen LogP contribution in [0, 0.1) is 0 Å². The van der Waals surface area contributed by atoms with Crippen molar-refractivity contribution < 1.29 is 19.1 Å². The highest BCUT2D eigenvalue weighted by Gasteiger charge is 2.49. The molecular formula is C14H23N3O4. The molecular weight excluding hydrogens is 274 g/mol. The molecule has 3 rings (SSSR count). The minimum Gasteiger partial charge on any atom is -0.372 e. The van der Waals surface area contributed by atoms with Crippen LogP contribution >= 0.6 is 0 Å². The van der Waals surface area contributed by atoms with Crippen LogP contribution in [-0.4, -0.2) is 66.9 Å². The highest BCUT2D eigenvalue weighted by atomic mass is 16.6. The number of nitrogens with zero attached hydrogens (tertiary/aromatic N) is 1. The molecule has 0 aromatic rings. The fourth-order valence-electron chi connectivity index (χ4n) is 3.39. The summed E-state index contributed by atoms with van der Waals surface area (Å²) >= 11 is 0. The van der Waals surface area contributed by atoms with Crippen LogP contribution in [0.3, 0.4) is 0 Å². The molecule has 0 saturated carbocycles. The fourth-order valence-corrected chi connectivity index (χ4v) is 3.39. The highest BCUT2D eigenvalue weighted by molar-refractivity contribution is 5.88. The zero-order valence-corrected chi connectivity index (χ0v) is 12.6. The van der Waals surface area contributed by atoms with Gasteiger partial charge in [-0.25, -0.2) is 4.79 Å². The lowest BCUT2D eigenvalue weighted by Crippen LogP contribution is -2.58. The first-order chi connectivity index (χ1) is 9.89. The molecule has 0 bridgehead atoms. The molecule has 3 amide bonds. The van der Waals surface area contributed by atoms with Crippen LogP contribution in [0.4, 0.5) is 4.79 Å². The number of urea groups is 1. The van der Waals surface area contributed by atoms with E-state index in [-0.39, 0.29) is 17.5 Å². The highest BCUT2D eigenvalue weighted by Crippen LogP contribution is 2.37. The van der Waals surface area contributed by atoms with E-state index in [1.165, 1.54) is 0 Å². The zero-order valence-electron chi connectivity index (χ0n) is 12.6. The maximum atomic E-state index is 12.3. The summed E-state index contributed by atoms with van der Waals surface area (Å²) in [4.78, 5) is 25.6. The quantitative estimate of drug-likeness (QED) is 0.706. The fraction of sp³-hybridized carbons (Fsp3) is 0.857. The summed E-state index contributed by atoms with van der Waals surface area (Å²) in [5, 5.41) is 5.52. The number of morpholine rings is 1. The second-order valence-electron chi connectivity index (χ2n) is 6.76. The zero-order chi connectivity index (χ0) is 15.1. The second-order valence-corrected chi connectivity index (χ2v) is 6.76. The van der Waals surface area contributed by atoms with Gasteiger partial charge in [0.25, 0.3) is 0 Å². The summed E-state index contributed by atoms with van der Waals surface area (Å²) in [5.74, 6) is -0.100. The van der Waals surface area contributed by atoms with Crippen molar-refractivity contribution >= 4 is 11.9 Å². The van der Waals surface area contributed by atoms with Gasteiger partial charge in [0.05, 0.1) is 25.4 Å².